The van der Waals surface area contributed by atoms with E-state index in [2.05, 4.69) is 56.7 Å². The Morgan fingerprint density at radius 2 is 1.84 bits per heavy atom. The van der Waals surface area contributed by atoms with E-state index in [4.69, 9.17) is 0 Å². The molecule has 2 aromatic carbocycles. The van der Waals surface area contributed by atoms with Gasteiger partial charge < -0.3 is 9.67 Å². The molecule has 1 aliphatic heterocycles. The first-order valence-corrected chi connectivity index (χ1v) is 9.16. The molecule has 0 aliphatic carbocycles. The molecule has 3 aromatic rings. The minimum atomic E-state index is -0.530. The molecule has 3 nitrogen and oxygen atoms in total. The van der Waals surface area contributed by atoms with E-state index in [-0.39, 0.29) is 6.04 Å². The summed E-state index contributed by atoms with van der Waals surface area (Å²) in [6.45, 7) is 2.14. The van der Waals surface area contributed by atoms with Crippen molar-refractivity contribution in [3.05, 3.63) is 88.4 Å². The quantitative estimate of drug-likeness (QED) is 0.655. The number of halogens is 1. The molecule has 1 aromatic heterocycles. The van der Waals surface area contributed by atoms with Gasteiger partial charge in [0.2, 0.25) is 0 Å². The minimum Gasteiger partial charge on any atom is -0.388 e. The Bertz CT molecular complexity index is 913. The van der Waals surface area contributed by atoms with Crippen molar-refractivity contribution < 1.29 is 5.11 Å². The molecule has 4 rings (SSSR count). The predicted octanol–water partition coefficient (Wildman–Crippen LogP) is 5.25. The summed E-state index contributed by atoms with van der Waals surface area (Å²) in [5.74, 6) is 0. The number of hydrogen-bond acceptors (Lipinski definition) is 2. The second-order valence-corrected chi connectivity index (χ2v) is 7.33. The number of hydrogen-bond donors (Lipinski definition) is 1. The summed E-state index contributed by atoms with van der Waals surface area (Å²) in [6, 6.07) is 18.4. The summed E-state index contributed by atoms with van der Waals surface area (Å²) < 4.78 is 3.20. The molecular weight excluding hydrogens is 376 g/mol. The van der Waals surface area contributed by atoms with E-state index in [1.165, 1.54) is 16.7 Å². The lowest BCUT2D eigenvalue weighted by molar-refractivity contribution is 0.156. The number of aliphatic hydroxyl groups is 1. The van der Waals surface area contributed by atoms with Crippen LogP contribution in [0.2, 0.25) is 0 Å². The fourth-order valence-corrected chi connectivity index (χ4v) is 3.93. The highest BCUT2D eigenvalue weighted by Crippen LogP contribution is 2.45. The van der Waals surface area contributed by atoms with Gasteiger partial charge in [0, 0.05) is 10.9 Å². The van der Waals surface area contributed by atoms with Crippen LogP contribution in [0.15, 0.2) is 71.6 Å². The number of rotatable bonds is 4. The number of nitrogens with zero attached hydrogens (tertiary/aromatic N) is 2. The third-order valence-corrected chi connectivity index (χ3v) is 5.44. The zero-order valence-corrected chi connectivity index (χ0v) is 15.5. The van der Waals surface area contributed by atoms with Gasteiger partial charge in [0.05, 0.1) is 30.4 Å². The molecule has 0 radical (unpaired) electrons. The lowest BCUT2D eigenvalue weighted by Crippen LogP contribution is -2.11. The number of fused-ring (bicyclic) bond motifs is 1. The molecule has 0 bridgehead atoms. The molecule has 0 spiro atoms. The zero-order valence-electron chi connectivity index (χ0n) is 13.9. The van der Waals surface area contributed by atoms with Crippen LogP contribution in [-0.2, 0) is 0 Å². The highest BCUT2D eigenvalue weighted by Gasteiger charge is 2.31. The lowest BCUT2D eigenvalue weighted by Gasteiger charge is -2.22. The lowest BCUT2D eigenvalue weighted by atomic mass is 9.91. The van der Waals surface area contributed by atoms with Crippen molar-refractivity contribution in [2.75, 3.05) is 0 Å². The Hall–Kier alpha value is -2.17. The molecule has 25 heavy (non-hydrogen) atoms. The molecule has 0 fully saturated rings. The maximum absolute atomic E-state index is 10.8. The van der Waals surface area contributed by atoms with Crippen LogP contribution in [-0.4, -0.2) is 14.7 Å². The topological polar surface area (TPSA) is 38.0 Å². The molecule has 0 saturated carbocycles. The third-order valence-electron chi connectivity index (χ3n) is 4.91. The summed E-state index contributed by atoms with van der Waals surface area (Å²) in [6.07, 6.45) is 3.86. The van der Waals surface area contributed by atoms with Gasteiger partial charge in [0.25, 0.3) is 0 Å². The van der Waals surface area contributed by atoms with Gasteiger partial charge in [-0.25, -0.2) is 4.98 Å². The van der Waals surface area contributed by atoms with Crippen molar-refractivity contribution >= 4 is 27.1 Å². The van der Waals surface area contributed by atoms with Gasteiger partial charge in [0.1, 0.15) is 0 Å². The Labute approximate surface area is 155 Å². The van der Waals surface area contributed by atoms with Crippen molar-refractivity contribution in [3.8, 4) is 0 Å². The highest BCUT2D eigenvalue weighted by molar-refractivity contribution is 9.10. The molecular formula is C21H19BrN2O. The van der Waals surface area contributed by atoms with E-state index < -0.39 is 6.10 Å². The first-order valence-electron chi connectivity index (χ1n) is 8.37. The summed E-state index contributed by atoms with van der Waals surface area (Å²) >= 11 is 3.45. The van der Waals surface area contributed by atoms with Crippen molar-refractivity contribution in [1.82, 2.24) is 9.55 Å². The van der Waals surface area contributed by atoms with Crippen molar-refractivity contribution in [3.63, 3.8) is 0 Å². The van der Waals surface area contributed by atoms with Crippen LogP contribution in [0.3, 0.4) is 0 Å². The van der Waals surface area contributed by atoms with Crippen molar-refractivity contribution in [1.29, 1.82) is 0 Å². The zero-order chi connectivity index (χ0) is 17.4. The standard InChI is InChI=1S/C21H19BrN2O/c1-14-19-12-23-13-24(19)18(21(14)16-5-3-2-4-6-16)11-20(25)15-7-9-17(22)10-8-15/h2-10,12-13,18,20,25H,11H2,1H3. The summed E-state index contributed by atoms with van der Waals surface area (Å²) in [4.78, 5) is 4.31. The van der Waals surface area contributed by atoms with Gasteiger partial charge in [0.15, 0.2) is 0 Å². The van der Waals surface area contributed by atoms with Crippen LogP contribution < -0.4 is 0 Å². The molecule has 126 valence electrons. The second-order valence-electron chi connectivity index (χ2n) is 6.41. The maximum Gasteiger partial charge on any atom is 0.0956 e. The average Bonchev–Trinajstić information content (AvgIpc) is 3.20. The van der Waals surface area contributed by atoms with Crippen molar-refractivity contribution in [2.24, 2.45) is 0 Å². The summed E-state index contributed by atoms with van der Waals surface area (Å²) in [7, 11) is 0. The fraction of sp³-hybridized carbons (Fsp3) is 0.190. The van der Waals surface area contributed by atoms with Crippen LogP contribution >= 0.6 is 15.9 Å². The average molecular weight is 395 g/mol. The van der Waals surface area contributed by atoms with E-state index in [1.807, 2.05) is 42.9 Å². The number of imidazole rings is 1. The fourth-order valence-electron chi connectivity index (χ4n) is 3.66. The number of aliphatic hydroxyl groups excluding tert-OH is 1. The van der Waals surface area contributed by atoms with Crippen LogP contribution in [0.25, 0.3) is 11.1 Å². The SMILES string of the molecule is CC1=C(c2ccccc2)C(CC(O)c2ccc(Br)cc2)n2cncc21. The number of allylic oxidation sites excluding steroid dienone is 2. The number of aromatic nitrogens is 2. The third kappa shape index (κ3) is 2.96. The Morgan fingerprint density at radius 1 is 1.12 bits per heavy atom. The minimum absolute atomic E-state index is 0.0820. The monoisotopic (exact) mass is 394 g/mol. The van der Waals surface area contributed by atoms with E-state index in [0.29, 0.717) is 6.42 Å². The molecule has 2 atom stereocenters. The largest absolute Gasteiger partial charge is 0.388 e. The molecule has 4 heteroatoms. The molecule has 1 N–H and O–H groups in total. The predicted molar refractivity (Wildman–Crippen MR) is 104 cm³/mol. The molecule has 1 aliphatic rings. The van der Waals surface area contributed by atoms with E-state index in [9.17, 15) is 5.11 Å². The number of benzene rings is 2. The Balaban J connectivity index is 1.70. The van der Waals surface area contributed by atoms with Gasteiger partial charge in [-0.05, 0) is 41.3 Å². The molecule has 0 saturated heterocycles. The maximum atomic E-state index is 10.8. The van der Waals surface area contributed by atoms with Gasteiger partial charge >= 0.3 is 0 Å². The van der Waals surface area contributed by atoms with E-state index in [0.717, 1.165) is 15.7 Å². The van der Waals surface area contributed by atoms with Crippen LogP contribution in [0, 0.1) is 0 Å². The van der Waals surface area contributed by atoms with Crippen LogP contribution in [0.5, 0.6) is 0 Å². The smallest absolute Gasteiger partial charge is 0.0956 e. The van der Waals surface area contributed by atoms with Gasteiger partial charge in [-0.15, -0.1) is 0 Å². The summed E-state index contributed by atoms with van der Waals surface area (Å²) in [5.41, 5.74) is 5.77. The first-order chi connectivity index (χ1) is 12.1. The second kappa shape index (κ2) is 6.62. The first kappa shape index (κ1) is 16.3. The van der Waals surface area contributed by atoms with E-state index >= 15 is 0 Å². The van der Waals surface area contributed by atoms with E-state index in [1.54, 1.807) is 0 Å². The molecule has 2 unspecified atom stereocenters. The van der Waals surface area contributed by atoms with Gasteiger partial charge in [-0.2, -0.15) is 0 Å². The van der Waals surface area contributed by atoms with Crippen LogP contribution in [0.1, 0.15) is 42.3 Å². The normalized spacial score (nSPS) is 17.6. The van der Waals surface area contributed by atoms with Gasteiger partial charge in [-0.3, -0.25) is 0 Å². The Morgan fingerprint density at radius 3 is 2.56 bits per heavy atom. The van der Waals surface area contributed by atoms with Crippen LogP contribution in [0.4, 0.5) is 0 Å². The molecule has 2 heterocycles. The Kier molecular flexibility index (Phi) is 4.32. The van der Waals surface area contributed by atoms with Crippen molar-refractivity contribution in [2.45, 2.75) is 25.5 Å². The van der Waals surface area contributed by atoms with Gasteiger partial charge in [-0.1, -0.05) is 58.4 Å². The molecule has 0 amide bonds. The highest BCUT2D eigenvalue weighted by atomic mass is 79.9. The summed E-state index contributed by atoms with van der Waals surface area (Å²) in [5, 5.41) is 10.8.